The molecule has 0 spiro atoms. The second kappa shape index (κ2) is 10.5. The Morgan fingerprint density at radius 1 is 0.882 bits per heavy atom. The molecule has 0 saturated carbocycles. The third kappa shape index (κ3) is 6.27. The molecule has 0 aliphatic carbocycles. The Balaban J connectivity index is 1.32. The maximum atomic E-state index is 12.3. The van der Waals surface area contributed by atoms with Gasteiger partial charge in [0.1, 0.15) is 0 Å². The zero-order valence-electron chi connectivity index (χ0n) is 19.3. The van der Waals surface area contributed by atoms with Gasteiger partial charge in [-0.15, -0.1) is 22.0 Å². The number of aromatic nitrogens is 2. The number of thioether (sulfide) groups is 1. The number of hydrogen-bond acceptors (Lipinski definition) is 5. The maximum Gasteiger partial charge on any atom is 0.248 e. The Labute approximate surface area is 208 Å². The zero-order valence-corrected chi connectivity index (χ0v) is 20.9. The molecule has 1 N–H and O–H groups in total. The highest BCUT2D eigenvalue weighted by Crippen LogP contribution is 2.28. The van der Waals surface area contributed by atoms with Crippen molar-refractivity contribution in [1.29, 1.82) is 0 Å². The molecule has 5 nitrogen and oxygen atoms in total. The Morgan fingerprint density at radius 2 is 1.44 bits per heavy atom. The molecule has 174 valence electrons. The summed E-state index contributed by atoms with van der Waals surface area (Å²) in [6.45, 7) is 6.54. The number of nitrogens with one attached hydrogen (secondary N) is 1. The number of carbonyl (C=O) groups is 1. The summed E-state index contributed by atoms with van der Waals surface area (Å²) in [4.78, 5) is 12.3. The van der Waals surface area contributed by atoms with Crippen LogP contribution in [0.15, 0.2) is 77.2 Å². The van der Waals surface area contributed by atoms with E-state index in [4.69, 9.17) is 16.0 Å². The van der Waals surface area contributed by atoms with Gasteiger partial charge in [0.25, 0.3) is 0 Å². The number of nitrogens with zero attached hydrogens (tertiary/aromatic N) is 2. The number of carbonyl (C=O) groups excluding carboxylic acids is 1. The summed E-state index contributed by atoms with van der Waals surface area (Å²) in [7, 11) is 0. The highest BCUT2D eigenvalue weighted by Gasteiger charge is 2.15. The second-order valence-electron chi connectivity index (χ2n) is 8.98. The number of benzene rings is 3. The lowest BCUT2D eigenvalue weighted by Gasteiger charge is -2.18. The predicted octanol–water partition coefficient (Wildman–Crippen LogP) is 7.23. The molecule has 4 aromatic rings. The molecule has 0 aliphatic rings. The van der Waals surface area contributed by atoms with Gasteiger partial charge in [-0.05, 0) is 65.1 Å². The molecule has 0 atom stereocenters. The van der Waals surface area contributed by atoms with Crippen LogP contribution in [0, 0.1) is 0 Å². The van der Waals surface area contributed by atoms with Crippen LogP contribution in [0.2, 0.25) is 5.02 Å². The monoisotopic (exact) mass is 491 g/mol. The smallest absolute Gasteiger partial charge is 0.248 e. The Morgan fingerprint density at radius 3 is 2.00 bits per heavy atom. The van der Waals surface area contributed by atoms with Crippen molar-refractivity contribution in [1.82, 2.24) is 10.2 Å². The zero-order chi connectivity index (χ0) is 24.1. The number of amides is 1. The van der Waals surface area contributed by atoms with E-state index in [-0.39, 0.29) is 11.3 Å². The summed E-state index contributed by atoms with van der Waals surface area (Å²) < 4.78 is 5.88. The highest BCUT2D eigenvalue weighted by molar-refractivity contribution is 7.99. The number of hydrogen-bond donors (Lipinski definition) is 1. The summed E-state index contributed by atoms with van der Waals surface area (Å²) in [6.07, 6.45) is 0. The van der Waals surface area contributed by atoms with Crippen molar-refractivity contribution in [3.63, 3.8) is 0 Å². The van der Waals surface area contributed by atoms with E-state index in [0.717, 1.165) is 28.1 Å². The van der Waals surface area contributed by atoms with E-state index in [0.29, 0.717) is 22.6 Å². The van der Waals surface area contributed by atoms with Crippen LogP contribution >= 0.6 is 23.4 Å². The van der Waals surface area contributed by atoms with Gasteiger partial charge in [0.2, 0.25) is 17.7 Å². The molecule has 1 heterocycles. The molecule has 34 heavy (non-hydrogen) atoms. The SMILES string of the molecule is CC(C)(C)c1ccc(-c2nnc(-c3ccc(NC(=O)CSCc4ccc(Cl)cc4)cc3)o2)cc1. The first-order valence-electron chi connectivity index (χ1n) is 10.9. The van der Waals surface area contributed by atoms with E-state index in [1.165, 1.54) is 5.56 Å². The molecule has 0 saturated heterocycles. The van der Waals surface area contributed by atoms with Gasteiger partial charge in [0, 0.05) is 27.6 Å². The van der Waals surface area contributed by atoms with Gasteiger partial charge < -0.3 is 9.73 Å². The first-order valence-corrected chi connectivity index (χ1v) is 12.5. The summed E-state index contributed by atoms with van der Waals surface area (Å²) in [6, 6.07) is 23.2. The van der Waals surface area contributed by atoms with E-state index in [2.05, 4.69) is 48.4 Å². The first-order chi connectivity index (χ1) is 16.3. The van der Waals surface area contributed by atoms with Gasteiger partial charge in [-0.25, -0.2) is 0 Å². The molecule has 0 fully saturated rings. The van der Waals surface area contributed by atoms with Crippen LogP contribution in [0.5, 0.6) is 0 Å². The second-order valence-corrected chi connectivity index (χ2v) is 10.4. The molecule has 0 radical (unpaired) electrons. The van der Waals surface area contributed by atoms with Crippen LogP contribution in [0.1, 0.15) is 31.9 Å². The van der Waals surface area contributed by atoms with E-state index >= 15 is 0 Å². The molecular formula is C27H26ClN3O2S. The van der Waals surface area contributed by atoms with Crippen LogP contribution in [0.25, 0.3) is 22.9 Å². The average Bonchev–Trinajstić information content (AvgIpc) is 3.31. The largest absolute Gasteiger partial charge is 0.416 e. The average molecular weight is 492 g/mol. The normalized spacial score (nSPS) is 11.4. The van der Waals surface area contributed by atoms with Crippen molar-refractivity contribution in [2.45, 2.75) is 31.9 Å². The Kier molecular flexibility index (Phi) is 7.39. The summed E-state index contributed by atoms with van der Waals surface area (Å²) in [5.74, 6) is 1.98. The van der Waals surface area contributed by atoms with Crippen LogP contribution in [-0.4, -0.2) is 21.9 Å². The third-order valence-corrected chi connectivity index (χ3v) is 6.51. The first kappa shape index (κ1) is 24.0. The molecule has 7 heteroatoms. The minimum atomic E-state index is -0.0505. The molecule has 1 amide bonds. The molecule has 0 aliphatic heterocycles. The van der Waals surface area contributed by atoms with Crippen molar-refractivity contribution >= 4 is 35.0 Å². The molecule has 4 rings (SSSR count). The van der Waals surface area contributed by atoms with Crippen LogP contribution in [-0.2, 0) is 16.0 Å². The maximum absolute atomic E-state index is 12.3. The topological polar surface area (TPSA) is 68.0 Å². The van der Waals surface area contributed by atoms with Crippen LogP contribution < -0.4 is 5.32 Å². The third-order valence-electron chi connectivity index (χ3n) is 5.25. The fourth-order valence-electron chi connectivity index (χ4n) is 3.30. The van der Waals surface area contributed by atoms with E-state index < -0.39 is 0 Å². The quantitative estimate of drug-likeness (QED) is 0.295. The fraction of sp³-hybridized carbons (Fsp3) is 0.222. The lowest BCUT2D eigenvalue weighted by molar-refractivity contribution is -0.113. The Bertz CT molecular complexity index is 1250. The van der Waals surface area contributed by atoms with Crippen LogP contribution in [0.3, 0.4) is 0 Å². The van der Waals surface area contributed by atoms with Gasteiger partial charge in [0.15, 0.2) is 0 Å². The predicted molar refractivity (Wildman–Crippen MR) is 140 cm³/mol. The van der Waals surface area contributed by atoms with E-state index in [9.17, 15) is 4.79 Å². The van der Waals surface area contributed by atoms with Crippen molar-refractivity contribution in [3.05, 3.63) is 88.9 Å². The van der Waals surface area contributed by atoms with E-state index in [1.54, 1.807) is 11.8 Å². The van der Waals surface area contributed by atoms with Crippen LogP contribution in [0.4, 0.5) is 5.69 Å². The van der Waals surface area contributed by atoms with Gasteiger partial charge in [-0.3, -0.25) is 4.79 Å². The Hall–Kier alpha value is -3.09. The van der Waals surface area contributed by atoms with Gasteiger partial charge in [0.05, 0.1) is 5.75 Å². The highest BCUT2D eigenvalue weighted by atomic mass is 35.5. The molecule has 0 bridgehead atoms. The van der Waals surface area contributed by atoms with Crippen molar-refractivity contribution in [3.8, 4) is 22.9 Å². The standard InChI is InChI=1S/C27H26ClN3O2S/c1-27(2,3)21-10-6-19(7-11-21)25-30-31-26(33-25)20-8-14-23(15-9-20)29-24(32)17-34-16-18-4-12-22(28)13-5-18/h4-15H,16-17H2,1-3H3,(H,29,32). The molecule has 0 unspecified atom stereocenters. The minimum absolute atomic E-state index is 0.0505. The van der Waals surface area contributed by atoms with Gasteiger partial charge in [-0.1, -0.05) is 56.6 Å². The fourth-order valence-corrected chi connectivity index (χ4v) is 4.22. The van der Waals surface area contributed by atoms with E-state index in [1.807, 2.05) is 60.7 Å². The molecular weight excluding hydrogens is 466 g/mol. The number of rotatable bonds is 7. The van der Waals surface area contributed by atoms with Crippen molar-refractivity contribution in [2.24, 2.45) is 0 Å². The van der Waals surface area contributed by atoms with Crippen molar-refractivity contribution < 1.29 is 9.21 Å². The number of halogens is 1. The molecule has 1 aromatic heterocycles. The number of anilines is 1. The summed E-state index contributed by atoms with van der Waals surface area (Å²) in [5.41, 5.74) is 4.86. The lowest BCUT2D eigenvalue weighted by Crippen LogP contribution is -2.14. The lowest BCUT2D eigenvalue weighted by atomic mass is 9.87. The minimum Gasteiger partial charge on any atom is -0.416 e. The summed E-state index contributed by atoms with van der Waals surface area (Å²) in [5, 5.41) is 12.0. The molecule has 3 aromatic carbocycles. The van der Waals surface area contributed by atoms with Gasteiger partial charge in [-0.2, -0.15) is 0 Å². The van der Waals surface area contributed by atoms with Crippen molar-refractivity contribution in [2.75, 3.05) is 11.1 Å². The summed E-state index contributed by atoms with van der Waals surface area (Å²) >= 11 is 7.45. The van der Waals surface area contributed by atoms with Gasteiger partial charge >= 0.3 is 0 Å².